The lowest BCUT2D eigenvalue weighted by Gasteiger charge is -2.25. The molecule has 0 atom stereocenters. The van der Waals surface area contributed by atoms with Crippen LogP contribution in [0.2, 0.25) is 0 Å². The quantitative estimate of drug-likeness (QED) is 0.797. The minimum absolute atomic E-state index is 0.0274. The lowest BCUT2D eigenvalue weighted by molar-refractivity contribution is 0.0919. The van der Waals surface area contributed by atoms with Crippen molar-refractivity contribution in [3.63, 3.8) is 0 Å². The first-order valence-corrected chi connectivity index (χ1v) is 10.2. The van der Waals surface area contributed by atoms with Crippen molar-refractivity contribution in [1.82, 2.24) is 24.6 Å². The van der Waals surface area contributed by atoms with Crippen LogP contribution in [0.1, 0.15) is 35.5 Å². The third-order valence-corrected chi connectivity index (χ3v) is 6.25. The summed E-state index contributed by atoms with van der Waals surface area (Å²) < 4.78 is 32.8. The number of aryl methyl sites for hydroxylation is 2. The smallest absolute Gasteiger partial charge is 0.289 e. The van der Waals surface area contributed by atoms with E-state index in [2.05, 4.69) is 15.6 Å². The number of carbonyl (C=O) groups excluding carboxylic acids is 1. The number of piperidine rings is 1. The van der Waals surface area contributed by atoms with Crippen molar-refractivity contribution in [1.29, 1.82) is 0 Å². The number of rotatable bonds is 6. The molecule has 0 bridgehead atoms. The summed E-state index contributed by atoms with van der Waals surface area (Å²) in [5.74, 6) is -0.570. The zero-order chi connectivity index (χ0) is 18.7. The fourth-order valence-electron chi connectivity index (χ4n) is 3.01. The third-order valence-electron chi connectivity index (χ3n) is 4.38. The van der Waals surface area contributed by atoms with Crippen molar-refractivity contribution >= 4 is 15.9 Å². The molecule has 1 aliphatic rings. The molecule has 1 N–H and O–H groups in total. The molecule has 0 spiro atoms. The summed E-state index contributed by atoms with van der Waals surface area (Å²) in [6, 6.07) is 1.53. The third kappa shape index (κ3) is 4.13. The van der Waals surface area contributed by atoms with Crippen molar-refractivity contribution in [3.05, 3.63) is 23.7 Å². The van der Waals surface area contributed by atoms with Gasteiger partial charge in [-0.3, -0.25) is 9.48 Å². The molecule has 2 aromatic rings. The Labute approximate surface area is 152 Å². The Morgan fingerprint density at radius 3 is 2.69 bits per heavy atom. The summed E-state index contributed by atoms with van der Waals surface area (Å²) in [5, 5.41) is 10.7. The zero-order valence-electron chi connectivity index (χ0n) is 14.9. The summed E-state index contributed by atoms with van der Waals surface area (Å²) in [6.07, 6.45) is 4.63. The lowest BCUT2D eigenvalue weighted by atomic mass is 10.2. The minimum Gasteiger partial charge on any atom is -0.350 e. The van der Waals surface area contributed by atoms with Gasteiger partial charge in [-0.2, -0.15) is 5.10 Å². The topological polar surface area (TPSA) is 110 Å². The van der Waals surface area contributed by atoms with Gasteiger partial charge in [-0.1, -0.05) is 11.6 Å². The second kappa shape index (κ2) is 7.58. The highest BCUT2D eigenvalue weighted by atomic mass is 32.2. The summed E-state index contributed by atoms with van der Waals surface area (Å²) in [5.41, 5.74) is 2.07. The Morgan fingerprint density at radius 1 is 1.31 bits per heavy atom. The highest BCUT2D eigenvalue weighted by Gasteiger charge is 2.24. The van der Waals surface area contributed by atoms with Gasteiger partial charge in [0, 0.05) is 44.5 Å². The summed E-state index contributed by atoms with van der Waals surface area (Å²) in [6.45, 7) is 2.99. The van der Waals surface area contributed by atoms with E-state index in [4.69, 9.17) is 4.52 Å². The molecule has 3 heterocycles. The predicted octanol–water partition coefficient (Wildman–Crippen LogP) is 0.929. The van der Waals surface area contributed by atoms with Crippen LogP contribution < -0.4 is 5.32 Å². The average molecular weight is 381 g/mol. The van der Waals surface area contributed by atoms with Gasteiger partial charge in [-0.25, -0.2) is 12.7 Å². The molecule has 1 amide bonds. The molecular formula is C16H23N5O4S. The van der Waals surface area contributed by atoms with Crippen LogP contribution in [0.5, 0.6) is 0 Å². The van der Waals surface area contributed by atoms with Crippen LogP contribution in [0.15, 0.2) is 16.8 Å². The Bertz CT molecular complexity index is 880. The van der Waals surface area contributed by atoms with E-state index in [0.717, 1.165) is 30.5 Å². The van der Waals surface area contributed by atoms with Gasteiger partial charge >= 0.3 is 0 Å². The minimum atomic E-state index is -3.34. The summed E-state index contributed by atoms with van der Waals surface area (Å²) in [4.78, 5) is 12.2. The van der Waals surface area contributed by atoms with Crippen LogP contribution in [-0.4, -0.2) is 59.0 Å². The Morgan fingerprint density at radius 2 is 2.04 bits per heavy atom. The van der Waals surface area contributed by atoms with Crippen LogP contribution >= 0.6 is 0 Å². The van der Waals surface area contributed by atoms with E-state index in [0.29, 0.717) is 18.8 Å². The molecule has 0 saturated carbocycles. The fraction of sp³-hybridized carbons (Fsp3) is 0.562. The van der Waals surface area contributed by atoms with Crippen LogP contribution in [0, 0.1) is 6.92 Å². The van der Waals surface area contributed by atoms with Crippen LogP contribution in [0.4, 0.5) is 0 Å². The molecule has 26 heavy (non-hydrogen) atoms. The second-order valence-corrected chi connectivity index (χ2v) is 8.50. The maximum atomic E-state index is 12.3. The lowest BCUT2D eigenvalue weighted by Crippen LogP contribution is -2.40. The highest BCUT2D eigenvalue weighted by Crippen LogP contribution is 2.21. The van der Waals surface area contributed by atoms with Gasteiger partial charge in [0.1, 0.15) is 5.69 Å². The van der Waals surface area contributed by atoms with Crippen LogP contribution in [-0.2, 0) is 17.1 Å². The zero-order valence-corrected chi connectivity index (χ0v) is 15.8. The molecule has 0 aliphatic carbocycles. The molecule has 142 valence electrons. The van der Waals surface area contributed by atoms with Crippen molar-refractivity contribution in [2.45, 2.75) is 26.2 Å². The van der Waals surface area contributed by atoms with E-state index in [-0.39, 0.29) is 18.1 Å². The molecule has 1 aliphatic heterocycles. The number of hydrogen-bond acceptors (Lipinski definition) is 6. The summed E-state index contributed by atoms with van der Waals surface area (Å²) >= 11 is 0. The van der Waals surface area contributed by atoms with E-state index in [1.807, 2.05) is 6.92 Å². The first-order chi connectivity index (χ1) is 12.4. The van der Waals surface area contributed by atoms with Crippen molar-refractivity contribution in [3.8, 4) is 11.3 Å². The van der Waals surface area contributed by atoms with Crippen LogP contribution in [0.3, 0.4) is 0 Å². The van der Waals surface area contributed by atoms with E-state index < -0.39 is 15.9 Å². The van der Waals surface area contributed by atoms with E-state index in [1.165, 1.54) is 10.4 Å². The molecule has 1 fully saturated rings. The maximum Gasteiger partial charge on any atom is 0.289 e. The molecule has 1 saturated heterocycles. The monoisotopic (exact) mass is 381 g/mol. The number of aromatic nitrogens is 3. The number of carbonyl (C=O) groups is 1. The molecule has 0 unspecified atom stereocenters. The normalized spacial score (nSPS) is 15.9. The Hall–Kier alpha value is -2.20. The second-order valence-electron chi connectivity index (χ2n) is 6.41. The molecule has 0 aromatic carbocycles. The maximum absolute atomic E-state index is 12.3. The fourth-order valence-corrected chi connectivity index (χ4v) is 4.45. The van der Waals surface area contributed by atoms with Gasteiger partial charge in [0.25, 0.3) is 5.91 Å². The van der Waals surface area contributed by atoms with E-state index in [1.54, 1.807) is 17.9 Å². The van der Waals surface area contributed by atoms with Gasteiger partial charge < -0.3 is 9.84 Å². The Balaban J connectivity index is 1.56. The summed E-state index contributed by atoms with van der Waals surface area (Å²) in [7, 11) is -1.54. The largest absolute Gasteiger partial charge is 0.350 e. The highest BCUT2D eigenvalue weighted by molar-refractivity contribution is 7.89. The van der Waals surface area contributed by atoms with Crippen molar-refractivity contribution in [2.24, 2.45) is 7.05 Å². The molecular weight excluding hydrogens is 358 g/mol. The van der Waals surface area contributed by atoms with Gasteiger partial charge in [0.2, 0.25) is 15.8 Å². The Kier molecular flexibility index (Phi) is 5.42. The van der Waals surface area contributed by atoms with Crippen LogP contribution in [0.25, 0.3) is 11.3 Å². The number of sulfonamides is 1. The van der Waals surface area contributed by atoms with Gasteiger partial charge in [0.05, 0.1) is 11.4 Å². The number of hydrogen-bond donors (Lipinski definition) is 1. The molecule has 9 nitrogen and oxygen atoms in total. The van der Waals surface area contributed by atoms with E-state index >= 15 is 0 Å². The molecule has 0 radical (unpaired) electrons. The van der Waals surface area contributed by atoms with Gasteiger partial charge in [-0.15, -0.1) is 0 Å². The van der Waals surface area contributed by atoms with Gasteiger partial charge in [0.15, 0.2) is 0 Å². The number of nitrogens with zero attached hydrogens (tertiary/aromatic N) is 4. The average Bonchev–Trinajstić information content (AvgIpc) is 3.21. The molecule has 3 rings (SSSR count). The first kappa shape index (κ1) is 18.6. The predicted molar refractivity (Wildman–Crippen MR) is 95.0 cm³/mol. The molecule has 2 aromatic heterocycles. The first-order valence-electron chi connectivity index (χ1n) is 8.60. The van der Waals surface area contributed by atoms with E-state index in [9.17, 15) is 13.2 Å². The van der Waals surface area contributed by atoms with Gasteiger partial charge in [-0.05, 0) is 19.8 Å². The molecule has 10 heteroatoms. The number of nitrogens with one attached hydrogen (secondary N) is 1. The standard InChI is InChI=1S/C16H23N5O4S/c1-12-13(11-20(2)18-12)14-10-15(25-19-14)16(22)17-6-9-26(23,24)21-7-4-3-5-8-21/h10-11H,3-9H2,1-2H3,(H,17,22). The van der Waals surface area contributed by atoms with Crippen molar-refractivity contribution < 1.29 is 17.7 Å². The number of amides is 1. The SMILES string of the molecule is Cc1nn(C)cc1-c1cc(C(=O)NCCS(=O)(=O)N2CCCCC2)on1. The van der Waals surface area contributed by atoms with Crippen molar-refractivity contribution in [2.75, 3.05) is 25.4 Å².